The van der Waals surface area contributed by atoms with Gasteiger partial charge in [0.1, 0.15) is 5.01 Å². The van der Waals surface area contributed by atoms with Crippen molar-refractivity contribution in [3.8, 4) is 38.8 Å². The molecule has 0 fully saturated rings. The molecule has 0 amide bonds. The van der Waals surface area contributed by atoms with E-state index >= 15 is 0 Å². The summed E-state index contributed by atoms with van der Waals surface area (Å²) in [5.41, 5.74) is 8.08. The van der Waals surface area contributed by atoms with E-state index in [2.05, 4.69) is 156 Å². The van der Waals surface area contributed by atoms with Crippen LogP contribution in [0.15, 0.2) is 152 Å². The largest absolute Gasteiger partial charge is 0.309 e. The van der Waals surface area contributed by atoms with Crippen LogP contribution in [0.3, 0.4) is 0 Å². The molecule has 0 aliphatic rings. The summed E-state index contributed by atoms with van der Waals surface area (Å²) in [5, 5.41) is 8.53. The first-order chi connectivity index (χ1) is 23.3. The Balaban J connectivity index is 1.01. The van der Waals surface area contributed by atoms with Gasteiger partial charge in [0, 0.05) is 47.8 Å². The number of para-hydroxylation sites is 1. The summed E-state index contributed by atoms with van der Waals surface area (Å²) >= 11 is 3.27. The van der Waals surface area contributed by atoms with Gasteiger partial charge in [-0.15, -0.1) is 11.3 Å². The minimum Gasteiger partial charge on any atom is -0.309 e. The van der Waals surface area contributed by atoms with E-state index in [1.165, 1.54) is 75.4 Å². The molecular weight excluding hydrogens is 611 g/mol. The maximum atomic E-state index is 4.97. The standard InChI is InChI=1S/C42H25N3S2/c1-2-8-28-23-29(14-13-26(28)7-1)30-18-22-38-36(24-30)33-9-3-5-11-37(33)45(38)32-19-15-27(16-20-32)42-43-41(44-47-42)31-17-21-35-34-10-4-6-12-39(34)46-40(35)25-31/h1-25H. The van der Waals surface area contributed by atoms with Gasteiger partial charge < -0.3 is 4.57 Å². The Labute approximate surface area is 278 Å². The van der Waals surface area contributed by atoms with E-state index in [0.717, 1.165) is 27.6 Å². The predicted molar refractivity (Wildman–Crippen MR) is 201 cm³/mol. The number of hydrogen-bond acceptors (Lipinski definition) is 4. The van der Waals surface area contributed by atoms with Crippen molar-refractivity contribution in [3.05, 3.63) is 152 Å². The highest BCUT2D eigenvalue weighted by Gasteiger charge is 2.15. The second kappa shape index (κ2) is 10.5. The van der Waals surface area contributed by atoms with E-state index in [9.17, 15) is 0 Å². The molecule has 47 heavy (non-hydrogen) atoms. The second-order valence-electron chi connectivity index (χ2n) is 11.9. The summed E-state index contributed by atoms with van der Waals surface area (Å²) in [6.45, 7) is 0. The third-order valence-corrected chi connectivity index (χ3v) is 11.1. The molecule has 0 unspecified atom stereocenters. The van der Waals surface area contributed by atoms with Crippen molar-refractivity contribution in [1.82, 2.24) is 13.9 Å². The van der Waals surface area contributed by atoms with Crippen molar-refractivity contribution in [3.63, 3.8) is 0 Å². The van der Waals surface area contributed by atoms with Crippen molar-refractivity contribution < 1.29 is 0 Å². The highest BCUT2D eigenvalue weighted by molar-refractivity contribution is 7.25. The molecule has 0 atom stereocenters. The molecule has 0 spiro atoms. The number of nitrogens with zero attached hydrogens (tertiary/aromatic N) is 3. The Kier molecular flexibility index (Phi) is 5.92. The fourth-order valence-electron chi connectivity index (χ4n) is 6.88. The van der Waals surface area contributed by atoms with E-state index in [0.29, 0.717) is 0 Å². The van der Waals surface area contributed by atoms with Gasteiger partial charge in [-0.3, -0.25) is 0 Å². The first-order valence-electron chi connectivity index (χ1n) is 15.7. The van der Waals surface area contributed by atoms with Gasteiger partial charge in [0.05, 0.1) is 11.0 Å². The zero-order valence-electron chi connectivity index (χ0n) is 25.1. The van der Waals surface area contributed by atoms with Gasteiger partial charge >= 0.3 is 0 Å². The number of fused-ring (bicyclic) bond motifs is 7. The summed E-state index contributed by atoms with van der Waals surface area (Å²) in [7, 11) is 0. The van der Waals surface area contributed by atoms with E-state index in [4.69, 9.17) is 9.36 Å². The minimum absolute atomic E-state index is 0.776. The molecule has 0 saturated heterocycles. The summed E-state index contributed by atoms with van der Waals surface area (Å²) in [4.78, 5) is 4.97. The van der Waals surface area contributed by atoms with Crippen molar-refractivity contribution in [2.45, 2.75) is 0 Å². The smallest absolute Gasteiger partial charge is 0.173 e. The molecule has 10 aromatic rings. The SMILES string of the molecule is c1ccc2cc(-c3ccc4c(c3)c3ccccc3n4-c3ccc(-c4nc(-c5ccc6c(c5)sc5ccccc56)ns4)cc3)ccc2c1. The monoisotopic (exact) mass is 635 g/mol. The molecule has 0 bridgehead atoms. The number of thiophene rings is 1. The number of rotatable bonds is 4. The van der Waals surface area contributed by atoms with Gasteiger partial charge in [-0.2, -0.15) is 4.37 Å². The van der Waals surface area contributed by atoms with Crippen molar-refractivity contribution in [2.75, 3.05) is 0 Å². The molecule has 10 rings (SSSR count). The topological polar surface area (TPSA) is 30.7 Å². The summed E-state index contributed by atoms with van der Waals surface area (Å²) in [6, 6.07) is 54.7. The molecule has 220 valence electrons. The maximum absolute atomic E-state index is 4.97. The lowest BCUT2D eigenvalue weighted by Gasteiger charge is -2.09. The van der Waals surface area contributed by atoms with Crippen molar-refractivity contribution in [1.29, 1.82) is 0 Å². The lowest BCUT2D eigenvalue weighted by atomic mass is 9.99. The van der Waals surface area contributed by atoms with Gasteiger partial charge in [0.15, 0.2) is 5.82 Å². The predicted octanol–water partition coefficient (Wildman–Crippen LogP) is 12.2. The van der Waals surface area contributed by atoms with Crippen LogP contribution < -0.4 is 0 Å². The molecule has 0 N–H and O–H groups in total. The lowest BCUT2D eigenvalue weighted by molar-refractivity contribution is 1.18. The van der Waals surface area contributed by atoms with Crippen LogP contribution in [-0.4, -0.2) is 13.9 Å². The zero-order valence-corrected chi connectivity index (χ0v) is 26.7. The van der Waals surface area contributed by atoms with Crippen LogP contribution >= 0.6 is 22.9 Å². The summed E-state index contributed by atoms with van der Waals surface area (Å²) < 4.78 is 9.69. The van der Waals surface area contributed by atoms with Crippen LogP contribution in [0.1, 0.15) is 0 Å². The Hall–Kier alpha value is -5.62. The van der Waals surface area contributed by atoms with Gasteiger partial charge in [0.25, 0.3) is 0 Å². The van der Waals surface area contributed by atoms with Crippen LogP contribution in [-0.2, 0) is 0 Å². The maximum Gasteiger partial charge on any atom is 0.173 e. The van der Waals surface area contributed by atoms with Gasteiger partial charge in [0.2, 0.25) is 0 Å². The van der Waals surface area contributed by atoms with Crippen LogP contribution in [0.5, 0.6) is 0 Å². The number of aromatic nitrogens is 3. The quantitative estimate of drug-likeness (QED) is 0.193. The fourth-order valence-corrected chi connectivity index (χ4v) is 8.71. The van der Waals surface area contributed by atoms with Crippen LogP contribution in [0.25, 0.3) is 91.5 Å². The van der Waals surface area contributed by atoms with Crippen LogP contribution in [0.4, 0.5) is 0 Å². The van der Waals surface area contributed by atoms with Gasteiger partial charge in [-0.05, 0) is 94.1 Å². The minimum atomic E-state index is 0.776. The molecule has 3 nitrogen and oxygen atoms in total. The first-order valence-corrected chi connectivity index (χ1v) is 17.2. The molecule has 7 aromatic carbocycles. The highest BCUT2D eigenvalue weighted by atomic mass is 32.1. The summed E-state index contributed by atoms with van der Waals surface area (Å²) in [6.07, 6.45) is 0. The first kappa shape index (κ1) is 26.6. The molecule has 0 radical (unpaired) electrons. The summed E-state index contributed by atoms with van der Waals surface area (Å²) in [5.74, 6) is 0.776. The Morgan fingerprint density at radius 2 is 1.13 bits per heavy atom. The average Bonchev–Trinajstić information content (AvgIpc) is 3.85. The molecule has 3 heterocycles. The lowest BCUT2D eigenvalue weighted by Crippen LogP contribution is -1.93. The Morgan fingerprint density at radius 3 is 2.04 bits per heavy atom. The molecule has 5 heteroatoms. The Morgan fingerprint density at radius 1 is 0.447 bits per heavy atom. The average molecular weight is 636 g/mol. The number of hydrogen-bond donors (Lipinski definition) is 0. The van der Waals surface area contributed by atoms with Gasteiger partial charge in [-0.1, -0.05) is 91.0 Å². The van der Waals surface area contributed by atoms with E-state index < -0.39 is 0 Å². The normalized spacial score (nSPS) is 11.8. The number of benzene rings is 7. The fraction of sp³-hybridized carbons (Fsp3) is 0. The molecule has 0 aliphatic carbocycles. The van der Waals surface area contributed by atoms with E-state index in [1.54, 1.807) is 0 Å². The molecule has 3 aromatic heterocycles. The molecule has 0 saturated carbocycles. The van der Waals surface area contributed by atoms with Crippen molar-refractivity contribution in [2.24, 2.45) is 0 Å². The third-order valence-electron chi connectivity index (χ3n) is 9.19. The highest BCUT2D eigenvalue weighted by Crippen LogP contribution is 2.38. The van der Waals surface area contributed by atoms with Crippen LogP contribution in [0, 0.1) is 0 Å². The van der Waals surface area contributed by atoms with E-state index in [1.807, 2.05) is 11.3 Å². The Bertz CT molecular complexity index is 2800. The second-order valence-corrected chi connectivity index (χ2v) is 13.8. The van der Waals surface area contributed by atoms with Gasteiger partial charge in [-0.25, -0.2) is 4.98 Å². The van der Waals surface area contributed by atoms with Crippen molar-refractivity contribution >= 4 is 75.6 Å². The zero-order chi connectivity index (χ0) is 30.9. The molecule has 0 aliphatic heterocycles. The third kappa shape index (κ3) is 4.32. The van der Waals surface area contributed by atoms with E-state index in [-0.39, 0.29) is 0 Å². The molecular formula is C42H25N3S2. The van der Waals surface area contributed by atoms with Crippen LogP contribution in [0.2, 0.25) is 0 Å².